The van der Waals surface area contributed by atoms with Crippen LogP contribution in [0.5, 0.6) is 0 Å². The molecule has 1 heterocycles. The summed E-state index contributed by atoms with van der Waals surface area (Å²) in [7, 11) is 1.35. The number of hydrogen-bond donors (Lipinski definition) is 1. The number of cyclic esters (lactones) is 1. The number of rotatable bonds is 3. The molecule has 0 saturated carbocycles. The maximum Gasteiger partial charge on any atom is 0.412 e. The minimum atomic E-state index is -0.763. The van der Waals surface area contributed by atoms with Gasteiger partial charge in [-0.3, -0.25) is 5.32 Å². The Hall–Kier alpha value is -3.08. The fourth-order valence-electron chi connectivity index (χ4n) is 2.87. The minimum absolute atomic E-state index is 0.430. The van der Waals surface area contributed by atoms with E-state index < -0.39 is 17.7 Å². The molecule has 5 heteroatoms. The van der Waals surface area contributed by atoms with E-state index in [4.69, 9.17) is 9.47 Å². The van der Waals surface area contributed by atoms with Gasteiger partial charge in [0.25, 0.3) is 0 Å². The summed E-state index contributed by atoms with van der Waals surface area (Å²) in [5.41, 5.74) is 3.25. The van der Waals surface area contributed by atoms with E-state index in [1.165, 1.54) is 13.2 Å². The highest BCUT2D eigenvalue weighted by Gasteiger charge is 2.33. The van der Waals surface area contributed by atoms with E-state index in [2.05, 4.69) is 5.32 Å². The van der Waals surface area contributed by atoms with Crippen LogP contribution in [0.4, 0.5) is 10.5 Å². The van der Waals surface area contributed by atoms with Crippen LogP contribution >= 0.6 is 0 Å². The number of fused-ring (bicyclic) bond motifs is 1. The first-order valence-corrected chi connectivity index (χ1v) is 7.90. The van der Waals surface area contributed by atoms with Crippen molar-refractivity contribution in [2.75, 3.05) is 12.4 Å². The van der Waals surface area contributed by atoms with Crippen LogP contribution in [-0.2, 0) is 19.9 Å². The largest absolute Gasteiger partial charge is 0.466 e. The van der Waals surface area contributed by atoms with E-state index in [0.717, 1.165) is 22.3 Å². The molecule has 0 unspecified atom stereocenters. The molecule has 0 bridgehead atoms. The number of amides is 1. The molecule has 5 nitrogen and oxygen atoms in total. The van der Waals surface area contributed by atoms with Gasteiger partial charge in [0, 0.05) is 11.6 Å². The van der Waals surface area contributed by atoms with Crippen molar-refractivity contribution in [3.05, 3.63) is 71.3 Å². The predicted octanol–water partition coefficient (Wildman–Crippen LogP) is 4.09. The Balaban J connectivity index is 2.14. The van der Waals surface area contributed by atoms with Gasteiger partial charge in [0.15, 0.2) is 0 Å². The first-order chi connectivity index (χ1) is 11.9. The molecule has 3 rings (SSSR count). The van der Waals surface area contributed by atoms with Gasteiger partial charge in [0.1, 0.15) is 5.60 Å². The van der Waals surface area contributed by atoms with Crippen molar-refractivity contribution in [1.82, 2.24) is 0 Å². The average molecular weight is 337 g/mol. The number of anilines is 1. The lowest BCUT2D eigenvalue weighted by Crippen LogP contribution is -2.34. The van der Waals surface area contributed by atoms with Crippen molar-refractivity contribution in [3.63, 3.8) is 0 Å². The number of hydrogen-bond acceptors (Lipinski definition) is 4. The molecule has 1 amide bonds. The van der Waals surface area contributed by atoms with Gasteiger partial charge < -0.3 is 9.47 Å². The Morgan fingerprint density at radius 1 is 1.12 bits per heavy atom. The van der Waals surface area contributed by atoms with Crippen LogP contribution in [0.1, 0.15) is 30.5 Å². The lowest BCUT2D eigenvalue weighted by atomic mass is 9.89. The standard InChI is InChI=1S/C20H19NO4/c1-20(2)16-11-14(9-10-17(16)21-19(23)25-20)15(12-18(22)24-3)13-7-5-4-6-8-13/h4-12H,1-3H3,(H,21,23)/b15-12+. The van der Waals surface area contributed by atoms with Crippen LogP contribution in [0, 0.1) is 0 Å². The highest BCUT2D eigenvalue weighted by Crippen LogP contribution is 2.38. The maximum atomic E-state index is 11.8. The summed E-state index contributed by atoms with van der Waals surface area (Å²) in [6, 6.07) is 15.2. The lowest BCUT2D eigenvalue weighted by Gasteiger charge is -2.33. The van der Waals surface area contributed by atoms with E-state index in [1.54, 1.807) is 0 Å². The third-order valence-corrected chi connectivity index (χ3v) is 4.11. The second kappa shape index (κ2) is 6.43. The molecule has 0 fully saturated rings. The Bertz CT molecular complexity index is 853. The zero-order chi connectivity index (χ0) is 18.0. The number of benzene rings is 2. The third kappa shape index (κ3) is 3.40. The van der Waals surface area contributed by atoms with E-state index in [-0.39, 0.29) is 0 Å². The van der Waals surface area contributed by atoms with Crippen molar-refractivity contribution in [2.24, 2.45) is 0 Å². The van der Waals surface area contributed by atoms with Gasteiger partial charge >= 0.3 is 12.1 Å². The Morgan fingerprint density at radius 3 is 2.52 bits per heavy atom. The number of carbonyl (C=O) groups is 2. The van der Waals surface area contributed by atoms with Crippen molar-refractivity contribution in [3.8, 4) is 0 Å². The van der Waals surface area contributed by atoms with Crippen LogP contribution in [0.25, 0.3) is 5.57 Å². The van der Waals surface area contributed by atoms with Crippen molar-refractivity contribution < 1.29 is 19.1 Å². The molecule has 0 aromatic heterocycles. The quantitative estimate of drug-likeness (QED) is 0.677. The number of ether oxygens (including phenoxy) is 2. The molecule has 0 saturated heterocycles. The van der Waals surface area contributed by atoms with Crippen molar-refractivity contribution in [1.29, 1.82) is 0 Å². The first-order valence-electron chi connectivity index (χ1n) is 7.90. The average Bonchev–Trinajstić information content (AvgIpc) is 2.59. The molecule has 1 N–H and O–H groups in total. The summed E-state index contributed by atoms with van der Waals surface area (Å²) in [5.74, 6) is -0.430. The second-order valence-corrected chi connectivity index (χ2v) is 6.23. The third-order valence-electron chi connectivity index (χ3n) is 4.11. The number of esters is 1. The fourth-order valence-corrected chi connectivity index (χ4v) is 2.87. The van der Waals surface area contributed by atoms with Gasteiger partial charge in [-0.25, -0.2) is 9.59 Å². The van der Waals surface area contributed by atoms with Gasteiger partial charge in [-0.1, -0.05) is 36.4 Å². The molecule has 0 aliphatic carbocycles. The lowest BCUT2D eigenvalue weighted by molar-refractivity contribution is -0.134. The first kappa shape index (κ1) is 16.8. The van der Waals surface area contributed by atoms with Crippen molar-refractivity contribution in [2.45, 2.75) is 19.4 Å². The molecule has 128 valence electrons. The van der Waals surface area contributed by atoms with Crippen molar-refractivity contribution >= 4 is 23.3 Å². The number of methoxy groups -OCH3 is 1. The Morgan fingerprint density at radius 2 is 1.84 bits per heavy atom. The summed E-state index contributed by atoms with van der Waals surface area (Å²) in [6.45, 7) is 3.67. The molecule has 2 aromatic carbocycles. The molecular weight excluding hydrogens is 318 g/mol. The SMILES string of the molecule is COC(=O)/C=C(\c1ccccc1)c1ccc2c(c1)C(C)(C)OC(=O)N2. The van der Waals surface area contributed by atoms with Crippen LogP contribution in [-0.4, -0.2) is 19.2 Å². The summed E-state index contributed by atoms with van der Waals surface area (Å²) in [5, 5.41) is 2.70. The molecule has 0 spiro atoms. The second-order valence-electron chi connectivity index (χ2n) is 6.23. The molecule has 25 heavy (non-hydrogen) atoms. The van der Waals surface area contributed by atoms with Crippen LogP contribution in [0.15, 0.2) is 54.6 Å². The minimum Gasteiger partial charge on any atom is -0.466 e. The van der Waals surface area contributed by atoms with E-state index >= 15 is 0 Å². The summed E-state index contributed by atoms with van der Waals surface area (Å²) in [6.07, 6.45) is 0.991. The molecule has 0 radical (unpaired) electrons. The Kier molecular flexibility index (Phi) is 4.31. The predicted molar refractivity (Wildman–Crippen MR) is 95.1 cm³/mol. The monoisotopic (exact) mass is 337 g/mol. The van der Waals surface area contributed by atoms with Gasteiger partial charge in [-0.2, -0.15) is 0 Å². The van der Waals surface area contributed by atoms with E-state index in [0.29, 0.717) is 5.69 Å². The Labute approximate surface area is 146 Å². The van der Waals surface area contributed by atoms with Crippen LogP contribution < -0.4 is 5.32 Å². The van der Waals surface area contributed by atoms with Gasteiger partial charge in [0.05, 0.1) is 12.8 Å². The summed E-state index contributed by atoms with van der Waals surface area (Å²) >= 11 is 0. The fraction of sp³-hybridized carbons (Fsp3) is 0.200. The van der Waals surface area contributed by atoms with Gasteiger partial charge in [0.2, 0.25) is 0 Å². The topological polar surface area (TPSA) is 64.6 Å². The molecule has 0 atom stereocenters. The zero-order valence-corrected chi connectivity index (χ0v) is 14.3. The highest BCUT2D eigenvalue weighted by molar-refractivity contribution is 5.97. The molecule has 1 aliphatic rings. The zero-order valence-electron chi connectivity index (χ0n) is 14.3. The normalized spacial score (nSPS) is 15.6. The van der Waals surface area contributed by atoms with Gasteiger partial charge in [-0.05, 0) is 42.7 Å². The smallest absolute Gasteiger partial charge is 0.412 e. The van der Waals surface area contributed by atoms with Crippen LogP contribution in [0.2, 0.25) is 0 Å². The maximum absolute atomic E-state index is 11.8. The molecule has 2 aromatic rings. The number of carbonyl (C=O) groups excluding carboxylic acids is 2. The summed E-state index contributed by atoms with van der Waals surface area (Å²) < 4.78 is 10.2. The van der Waals surface area contributed by atoms with E-state index in [9.17, 15) is 9.59 Å². The summed E-state index contributed by atoms with van der Waals surface area (Å²) in [4.78, 5) is 23.5. The highest BCUT2D eigenvalue weighted by atomic mass is 16.6. The number of nitrogens with one attached hydrogen (secondary N) is 1. The van der Waals surface area contributed by atoms with E-state index in [1.807, 2.05) is 62.4 Å². The van der Waals surface area contributed by atoms with Crippen LogP contribution in [0.3, 0.4) is 0 Å². The molecular formula is C20H19NO4. The van der Waals surface area contributed by atoms with Gasteiger partial charge in [-0.15, -0.1) is 0 Å². The molecule has 1 aliphatic heterocycles.